The van der Waals surface area contributed by atoms with Crippen molar-refractivity contribution in [3.05, 3.63) is 52.0 Å². The molecule has 0 bridgehead atoms. The van der Waals surface area contributed by atoms with Gasteiger partial charge in [-0.2, -0.15) is 0 Å². The molecule has 51 heavy (non-hydrogen) atoms. The minimum atomic E-state index is -3.50. The van der Waals surface area contributed by atoms with Crippen LogP contribution in [0.4, 0.5) is 0 Å². The minimum Gasteiger partial charge on any atom is -0.455 e. The fourth-order valence-corrected chi connectivity index (χ4v) is 7.69. The monoisotopic (exact) mass is 748 g/mol. The molecule has 2 heterocycles. The lowest BCUT2D eigenvalue weighted by Crippen LogP contribution is -2.58. The number of benzene rings is 1. The van der Waals surface area contributed by atoms with Crippen molar-refractivity contribution in [2.45, 2.75) is 103 Å². The molecule has 1 aliphatic rings. The van der Waals surface area contributed by atoms with Crippen molar-refractivity contribution in [1.82, 2.24) is 30.1 Å². The third-order valence-electron chi connectivity index (χ3n) is 9.51. The molecule has 0 aliphatic carbocycles. The van der Waals surface area contributed by atoms with Gasteiger partial charge in [-0.3, -0.25) is 24.1 Å². The van der Waals surface area contributed by atoms with Gasteiger partial charge in [0, 0.05) is 44.4 Å². The van der Waals surface area contributed by atoms with E-state index in [9.17, 15) is 27.6 Å². The predicted molar refractivity (Wildman–Crippen MR) is 199 cm³/mol. The van der Waals surface area contributed by atoms with Gasteiger partial charge in [-0.15, -0.1) is 11.3 Å². The number of carbonyl (C=O) groups excluding carboxylic acids is 4. The van der Waals surface area contributed by atoms with E-state index in [0.29, 0.717) is 17.8 Å². The summed E-state index contributed by atoms with van der Waals surface area (Å²) in [6.07, 6.45) is 4.25. The summed E-state index contributed by atoms with van der Waals surface area (Å²) in [4.78, 5) is 61.5. The molecule has 6 atom stereocenters. The zero-order valence-corrected chi connectivity index (χ0v) is 32.8. The molecule has 3 N–H and O–H groups in total. The van der Waals surface area contributed by atoms with Gasteiger partial charge >= 0.3 is 5.97 Å². The van der Waals surface area contributed by atoms with Gasteiger partial charge in [0.1, 0.15) is 16.7 Å². The number of piperidine rings is 1. The number of sulfonamides is 1. The first kappa shape index (κ1) is 42.0. The van der Waals surface area contributed by atoms with Crippen molar-refractivity contribution in [1.29, 1.82) is 0 Å². The van der Waals surface area contributed by atoms with E-state index in [2.05, 4.69) is 20.3 Å². The lowest BCUT2D eigenvalue weighted by molar-refractivity contribution is -0.149. The molecule has 0 unspecified atom stereocenters. The van der Waals surface area contributed by atoms with Crippen LogP contribution in [0.25, 0.3) is 0 Å². The quantitative estimate of drug-likeness (QED) is 0.193. The molecule has 1 aromatic carbocycles. The predicted octanol–water partition coefficient (Wildman–Crippen LogP) is 3.53. The Kier molecular flexibility index (Phi) is 16.0. The highest BCUT2D eigenvalue weighted by Crippen LogP contribution is 2.31. The molecular weight excluding hydrogens is 693 g/mol. The number of hydrogen-bond acceptors (Lipinski definition) is 10. The Balaban J connectivity index is 1.80. The number of likely N-dealkylation sites (N-methyl/N-ethyl adjacent to an activating group) is 2. The minimum absolute atomic E-state index is 0.0155. The second-order valence-corrected chi connectivity index (χ2v) is 16.7. The number of amides is 3. The maximum Gasteiger partial charge on any atom is 0.303 e. The van der Waals surface area contributed by atoms with Crippen LogP contribution >= 0.6 is 11.3 Å². The summed E-state index contributed by atoms with van der Waals surface area (Å²) in [6.45, 7) is 10.0. The first-order valence-electron chi connectivity index (χ1n) is 17.7. The molecule has 1 aromatic heterocycles. The van der Waals surface area contributed by atoms with Gasteiger partial charge in [-0.25, -0.2) is 18.1 Å². The summed E-state index contributed by atoms with van der Waals surface area (Å²) in [5, 5.41) is 7.93. The van der Waals surface area contributed by atoms with Crippen LogP contribution in [0.3, 0.4) is 0 Å². The summed E-state index contributed by atoms with van der Waals surface area (Å²) in [6, 6.07) is 7.42. The van der Waals surface area contributed by atoms with Gasteiger partial charge in [0.25, 0.3) is 5.91 Å². The molecular formula is C36H56N6O7S2. The third-order valence-corrected chi connectivity index (χ3v) is 11.1. The van der Waals surface area contributed by atoms with Gasteiger partial charge in [-0.05, 0) is 50.3 Å². The fourth-order valence-electron chi connectivity index (χ4n) is 6.34. The molecule has 0 saturated carbocycles. The molecule has 1 aliphatic heterocycles. The van der Waals surface area contributed by atoms with Gasteiger partial charge < -0.3 is 20.3 Å². The second-order valence-electron chi connectivity index (χ2n) is 14.0. The van der Waals surface area contributed by atoms with Crippen LogP contribution in [-0.4, -0.2) is 105 Å². The highest BCUT2D eigenvalue weighted by Gasteiger charge is 2.37. The van der Waals surface area contributed by atoms with Crippen LogP contribution in [0.15, 0.2) is 35.7 Å². The van der Waals surface area contributed by atoms with Crippen LogP contribution in [-0.2, 0) is 35.6 Å². The van der Waals surface area contributed by atoms with E-state index < -0.39 is 46.1 Å². The normalized spacial score (nSPS) is 18.3. The van der Waals surface area contributed by atoms with E-state index in [1.807, 2.05) is 70.0 Å². The summed E-state index contributed by atoms with van der Waals surface area (Å²) < 4.78 is 31.9. The SMILES string of the molecule is CC[C@H](C)[C@H](NC(=O)[C@H]1CCCCN1C)C(=O)N(C)[C@H](C[C@@H](OC(C)=O)c1nc(C(=O)N[C@H](CNS(C)(=O)=O)Cc2ccccc2)cs1)C(C)C. The van der Waals surface area contributed by atoms with E-state index in [0.717, 1.165) is 49.0 Å². The highest BCUT2D eigenvalue weighted by atomic mass is 32.2. The Morgan fingerprint density at radius 3 is 2.37 bits per heavy atom. The van der Waals surface area contributed by atoms with Gasteiger partial charge in [0.2, 0.25) is 21.8 Å². The van der Waals surface area contributed by atoms with Crippen LogP contribution in [0.5, 0.6) is 0 Å². The Morgan fingerprint density at radius 2 is 1.78 bits per heavy atom. The van der Waals surface area contributed by atoms with Gasteiger partial charge in [0.05, 0.1) is 12.3 Å². The zero-order valence-electron chi connectivity index (χ0n) is 31.2. The average molecular weight is 749 g/mol. The van der Waals surface area contributed by atoms with Gasteiger partial charge in [-0.1, -0.05) is 70.9 Å². The maximum atomic E-state index is 14.2. The van der Waals surface area contributed by atoms with Crippen LogP contribution in [0.2, 0.25) is 0 Å². The Labute approximate surface area is 307 Å². The number of aromatic nitrogens is 1. The first-order valence-corrected chi connectivity index (χ1v) is 20.5. The molecule has 2 aromatic rings. The fraction of sp³-hybridized carbons (Fsp3) is 0.639. The number of ether oxygens (including phenoxy) is 1. The Bertz CT molecular complexity index is 1570. The number of nitrogens with one attached hydrogen (secondary N) is 3. The lowest BCUT2D eigenvalue weighted by Gasteiger charge is -2.38. The van der Waals surface area contributed by atoms with E-state index >= 15 is 0 Å². The molecule has 0 radical (unpaired) electrons. The van der Waals surface area contributed by atoms with Crippen molar-refractivity contribution >= 4 is 45.1 Å². The number of nitrogens with zero attached hydrogens (tertiary/aromatic N) is 3. The van der Waals surface area contributed by atoms with E-state index in [1.165, 1.54) is 6.92 Å². The molecule has 3 rings (SSSR count). The Morgan fingerprint density at radius 1 is 1.10 bits per heavy atom. The molecule has 1 fully saturated rings. The summed E-state index contributed by atoms with van der Waals surface area (Å²) in [5.74, 6) is -1.57. The number of hydrogen-bond donors (Lipinski definition) is 3. The third kappa shape index (κ3) is 13.0. The molecule has 0 spiro atoms. The van der Waals surface area contributed by atoms with Gasteiger partial charge in [0.15, 0.2) is 6.10 Å². The van der Waals surface area contributed by atoms with Crippen LogP contribution in [0, 0.1) is 11.8 Å². The standard InChI is InChI=1S/C36H56N6O7S2/c1-9-24(4)32(40-34(45)29-17-13-14-18-41(29)6)36(46)42(7)30(23(2)3)20-31(49-25(5)43)35-39-28(22-50-35)33(44)38-27(21-37-51(8,47)48)19-26-15-11-10-12-16-26/h10-12,15-16,22-24,27,29-32,37H,9,13-14,17-21H2,1-8H3,(H,38,44)(H,40,45)/t24-,27-,29+,30+,31+,32-/m0/s1. The number of rotatable bonds is 18. The molecule has 284 valence electrons. The summed E-state index contributed by atoms with van der Waals surface area (Å²) >= 11 is 1.16. The summed E-state index contributed by atoms with van der Waals surface area (Å²) in [7, 11) is 0.148. The van der Waals surface area contributed by atoms with Crippen molar-refractivity contribution in [3.8, 4) is 0 Å². The number of esters is 1. The number of thiazole rings is 1. The lowest BCUT2D eigenvalue weighted by atomic mass is 9.92. The van der Waals surface area contributed by atoms with Crippen molar-refractivity contribution in [2.75, 3.05) is 33.4 Å². The second kappa shape index (κ2) is 19.4. The average Bonchev–Trinajstić information content (AvgIpc) is 3.57. The largest absolute Gasteiger partial charge is 0.455 e. The smallest absolute Gasteiger partial charge is 0.303 e. The first-order chi connectivity index (χ1) is 24.0. The van der Waals surface area contributed by atoms with Crippen LogP contribution < -0.4 is 15.4 Å². The molecule has 3 amide bonds. The molecule has 13 nitrogen and oxygen atoms in total. The summed E-state index contributed by atoms with van der Waals surface area (Å²) in [5.41, 5.74) is 1.02. The maximum absolute atomic E-state index is 14.2. The Hall–Kier alpha value is -3.40. The van der Waals surface area contributed by atoms with E-state index in [1.54, 1.807) is 17.3 Å². The zero-order chi connectivity index (χ0) is 37.9. The highest BCUT2D eigenvalue weighted by molar-refractivity contribution is 7.88. The molecule has 1 saturated heterocycles. The number of carbonyl (C=O) groups is 4. The molecule has 15 heteroatoms. The van der Waals surface area contributed by atoms with Crippen molar-refractivity contribution in [2.24, 2.45) is 11.8 Å². The van der Waals surface area contributed by atoms with Crippen molar-refractivity contribution in [3.63, 3.8) is 0 Å². The van der Waals surface area contributed by atoms with Crippen LogP contribution in [0.1, 0.15) is 93.9 Å². The topological polar surface area (TPSA) is 167 Å². The van der Waals surface area contributed by atoms with Crippen molar-refractivity contribution < 1.29 is 32.3 Å². The number of likely N-dealkylation sites (tertiary alicyclic amines) is 1. The van der Waals surface area contributed by atoms with E-state index in [-0.39, 0.29) is 48.4 Å². The van der Waals surface area contributed by atoms with E-state index in [4.69, 9.17) is 4.74 Å².